The average Bonchev–Trinajstić information content (AvgIpc) is 2.58. The molecular formula is C18H17F2NO2. The zero-order valence-electron chi connectivity index (χ0n) is 12.6. The average molecular weight is 317 g/mol. The van der Waals surface area contributed by atoms with Gasteiger partial charge >= 0.3 is 0 Å². The Balaban J connectivity index is 1.78. The molecule has 1 heterocycles. The third-order valence-electron chi connectivity index (χ3n) is 3.90. The molecule has 1 aliphatic rings. The van der Waals surface area contributed by atoms with Crippen LogP contribution in [0.3, 0.4) is 0 Å². The molecule has 0 aliphatic carbocycles. The molecule has 0 bridgehead atoms. The smallest absolute Gasteiger partial charge is 0.200 e. The summed E-state index contributed by atoms with van der Waals surface area (Å²) in [6.07, 6.45) is 0.860. The predicted octanol–water partition coefficient (Wildman–Crippen LogP) is 3.71. The molecule has 0 amide bonds. The monoisotopic (exact) mass is 317 g/mol. The number of rotatable bonds is 4. The summed E-state index contributed by atoms with van der Waals surface area (Å²) in [5, 5.41) is 0. The number of ether oxygens (including phenoxy) is 1. The highest BCUT2D eigenvalue weighted by Gasteiger charge is 2.20. The lowest BCUT2D eigenvalue weighted by Crippen LogP contribution is -2.33. The molecule has 0 radical (unpaired) electrons. The van der Waals surface area contributed by atoms with Gasteiger partial charge in [0.25, 0.3) is 0 Å². The number of hydrogen-bond donors (Lipinski definition) is 0. The Morgan fingerprint density at radius 1 is 1.04 bits per heavy atom. The van der Waals surface area contributed by atoms with Crippen molar-refractivity contribution < 1.29 is 18.3 Å². The molecule has 3 nitrogen and oxygen atoms in total. The van der Waals surface area contributed by atoms with E-state index in [1.54, 1.807) is 0 Å². The first kappa shape index (κ1) is 15.5. The van der Waals surface area contributed by atoms with Gasteiger partial charge in [-0.3, -0.25) is 4.79 Å². The summed E-state index contributed by atoms with van der Waals surface area (Å²) in [5.41, 5.74) is 1.42. The molecule has 1 aliphatic heterocycles. The van der Waals surface area contributed by atoms with E-state index in [0.29, 0.717) is 31.6 Å². The molecule has 0 spiro atoms. The number of halogens is 2. The second kappa shape index (κ2) is 6.77. The first-order valence-corrected chi connectivity index (χ1v) is 7.56. The van der Waals surface area contributed by atoms with Gasteiger partial charge in [-0.25, -0.2) is 4.39 Å². The predicted molar refractivity (Wildman–Crippen MR) is 83.6 cm³/mol. The molecule has 3 rings (SSSR count). The van der Waals surface area contributed by atoms with Crippen molar-refractivity contribution in [1.82, 2.24) is 0 Å². The van der Waals surface area contributed by atoms with E-state index in [9.17, 15) is 13.6 Å². The van der Waals surface area contributed by atoms with Gasteiger partial charge in [0.05, 0.1) is 0 Å². The van der Waals surface area contributed by atoms with Gasteiger partial charge in [0.2, 0.25) is 5.82 Å². The number of hydrogen-bond acceptors (Lipinski definition) is 3. The maximum atomic E-state index is 13.9. The number of nitrogens with zero attached hydrogens (tertiary/aromatic N) is 1. The van der Waals surface area contributed by atoms with Crippen molar-refractivity contribution in [3.63, 3.8) is 0 Å². The molecule has 23 heavy (non-hydrogen) atoms. The van der Waals surface area contributed by atoms with Crippen molar-refractivity contribution >= 4 is 11.5 Å². The zero-order chi connectivity index (χ0) is 16.2. The number of anilines is 1. The lowest BCUT2D eigenvalue weighted by atomic mass is 10.1. The Morgan fingerprint density at radius 3 is 2.43 bits per heavy atom. The fraction of sp³-hybridized carbons (Fsp3) is 0.278. The van der Waals surface area contributed by atoms with E-state index in [1.807, 2.05) is 35.2 Å². The Kier molecular flexibility index (Phi) is 4.55. The van der Waals surface area contributed by atoms with Crippen molar-refractivity contribution in [3.8, 4) is 5.75 Å². The molecule has 0 aromatic heterocycles. The highest BCUT2D eigenvalue weighted by atomic mass is 19.2. The lowest BCUT2D eigenvalue weighted by Gasteiger charge is -2.28. The number of piperidine rings is 1. The minimum Gasteiger partial charge on any atom is -0.486 e. The quantitative estimate of drug-likeness (QED) is 0.861. The maximum absolute atomic E-state index is 13.9. The number of carbonyl (C=O) groups is 1. The van der Waals surface area contributed by atoms with Gasteiger partial charge in [-0.2, -0.15) is 4.39 Å². The third kappa shape index (κ3) is 3.67. The first-order valence-electron chi connectivity index (χ1n) is 7.56. The molecule has 2 aromatic rings. The highest BCUT2D eigenvalue weighted by Crippen LogP contribution is 2.29. The van der Waals surface area contributed by atoms with Crippen molar-refractivity contribution in [2.24, 2.45) is 0 Å². The van der Waals surface area contributed by atoms with Gasteiger partial charge < -0.3 is 9.64 Å². The fourth-order valence-electron chi connectivity index (χ4n) is 2.59. The molecular weight excluding hydrogens is 300 g/mol. The van der Waals surface area contributed by atoms with Gasteiger partial charge in [-0.1, -0.05) is 30.3 Å². The lowest BCUT2D eigenvalue weighted by molar-refractivity contribution is -0.119. The van der Waals surface area contributed by atoms with Crippen molar-refractivity contribution in [1.29, 1.82) is 0 Å². The summed E-state index contributed by atoms with van der Waals surface area (Å²) in [6, 6.07) is 12.0. The maximum Gasteiger partial charge on any atom is 0.200 e. The summed E-state index contributed by atoms with van der Waals surface area (Å²) >= 11 is 0. The number of Topliss-reactive ketones (excluding diaryl/α,β-unsaturated/α-hetero) is 1. The first-order chi connectivity index (χ1) is 11.1. The third-order valence-corrected chi connectivity index (χ3v) is 3.90. The minimum absolute atomic E-state index is 0.110. The van der Waals surface area contributed by atoms with E-state index >= 15 is 0 Å². The van der Waals surface area contributed by atoms with Crippen LogP contribution in [0.5, 0.6) is 5.75 Å². The Labute approximate surface area is 133 Å². The standard InChI is InChI=1S/C18H17F2NO2/c19-16-10-14(21-8-6-15(22)7-9-21)11-17(18(16)20)23-12-13-4-2-1-3-5-13/h1-5,10-11H,6-9,12H2. The number of carbonyl (C=O) groups excluding carboxylic acids is 1. The summed E-state index contributed by atoms with van der Waals surface area (Å²) in [6.45, 7) is 1.20. The van der Waals surface area contributed by atoms with Crippen LogP contribution in [0.15, 0.2) is 42.5 Å². The van der Waals surface area contributed by atoms with E-state index < -0.39 is 11.6 Å². The number of benzene rings is 2. The summed E-state index contributed by atoms with van der Waals surface area (Å²) in [4.78, 5) is 13.2. The van der Waals surface area contributed by atoms with Crippen molar-refractivity contribution in [2.45, 2.75) is 19.4 Å². The summed E-state index contributed by atoms with van der Waals surface area (Å²) in [7, 11) is 0. The second-order valence-corrected chi connectivity index (χ2v) is 5.54. The van der Waals surface area contributed by atoms with Crippen LogP contribution in [0.4, 0.5) is 14.5 Å². The van der Waals surface area contributed by atoms with E-state index in [1.165, 1.54) is 6.07 Å². The van der Waals surface area contributed by atoms with Crippen LogP contribution in [-0.4, -0.2) is 18.9 Å². The van der Waals surface area contributed by atoms with E-state index in [4.69, 9.17) is 4.74 Å². The fourth-order valence-corrected chi connectivity index (χ4v) is 2.59. The van der Waals surface area contributed by atoms with Crippen LogP contribution in [0, 0.1) is 11.6 Å². The molecule has 5 heteroatoms. The van der Waals surface area contributed by atoms with Crippen molar-refractivity contribution in [2.75, 3.05) is 18.0 Å². The second-order valence-electron chi connectivity index (χ2n) is 5.54. The van der Waals surface area contributed by atoms with Gasteiger partial charge in [-0.15, -0.1) is 0 Å². The molecule has 0 saturated carbocycles. The normalized spacial score (nSPS) is 14.9. The highest BCUT2D eigenvalue weighted by molar-refractivity contribution is 5.81. The van der Waals surface area contributed by atoms with Crippen molar-refractivity contribution in [3.05, 3.63) is 59.7 Å². The van der Waals surface area contributed by atoms with E-state index in [2.05, 4.69) is 0 Å². The van der Waals surface area contributed by atoms with Gasteiger partial charge in [-0.05, 0) is 5.56 Å². The molecule has 0 atom stereocenters. The van der Waals surface area contributed by atoms with Gasteiger partial charge in [0, 0.05) is 43.8 Å². The van der Waals surface area contributed by atoms with Crippen LogP contribution in [0.25, 0.3) is 0 Å². The minimum atomic E-state index is -0.988. The Bertz CT molecular complexity index is 694. The summed E-state index contributed by atoms with van der Waals surface area (Å²) in [5.74, 6) is -1.84. The van der Waals surface area contributed by atoms with Crippen LogP contribution >= 0.6 is 0 Å². The van der Waals surface area contributed by atoms with Crippen LogP contribution in [0.2, 0.25) is 0 Å². The van der Waals surface area contributed by atoms with E-state index in [0.717, 1.165) is 11.6 Å². The Morgan fingerprint density at radius 2 is 1.74 bits per heavy atom. The largest absolute Gasteiger partial charge is 0.486 e. The Hall–Kier alpha value is -2.43. The topological polar surface area (TPSA) is 29.5 Å². The van der Waals surface area contributed by atoms with Crippen LogP contribution in [-0.2, 0) is 11.4 Å². The molecule has 120 valence electrons. The SMILES string of the molecule is O=C1CCN(c2cc(F)c(F)c(OCc3ccccc3)c2)CC1. The molecule has 1 saturated heterocycles. The molecule has 1 fully saturated rings. The number of ketones is 1. The molecule has 0 N–H and O–H groups in total. The van der Waals surface area contributed by atoms with Gasteiger partial charge in [0.15, 0.2) is 11.6 Å². The molecule has 0 unspecified atom stereocenters. The zero-order valence-corrected chi connectivity index (χ0v) is 12.6. The van der Waals surface area contributed by atoms with Crippen LogP contribution in [0.1, 0.15) is 18.4 Å². The molecule has 2 aromatic carbocycles. The van der Waals surface area contributed by atoms with E-state index in [-0.39, 0.29) is 18.1 Å². The summed E-state index contributed by atoms with van der Waals surface area (Å²) < 4.78 is 33.2. The van der Waals surface area contributed by atoms with Gasteiger partial charge in [0.1, 0.15) is 12.4 Å². The van der Waals surface area contributed by atoms with Crippen LogP contribution < -0.4 is 9.64 Å².